The van der Waals surface area contributed by atoms with Crippen LogP contribution in [0.3, 0.4) is 0 Å². The Hall–Kier alpha value is -2.44. The van der Waals surface area contributed by atoms with Crippen LogP contribution in [0.4, 0.5) is 5.69 Å². The van der Waals surface area contributed by atoms with Crippen LogP contribution in [-0.2, 0) is 0 Å². The fourth-order valence-electron chi connectivity index (χ4n) is 2.83. The Bertz CT molecular complexity index is 832. The number of nitrogens with one attached hydrogen (secondary N) is 1. The molecule has 2 amide bonds. The third-order valence-electron chi connectivity index (χ3n) is 4.47. The fraction of sp³-hybridized carbons (Fsp3) is 0.316. The number of piperazine rings is 1. The molecule has 3 rings (SSSR count). The van der Waals surface area contributed by atoms with Crippen LogP contribution in [0.5, 0.6) is 0 Å². The predicted octanol–water partition coefficient (Wildman–Crippen LogP) is 2.68. The second-order valence-corrected chi connectivity index (χ2v) is 6.88. The van der Waals surface area contributed by atoms with E-state index in [9.17, 15) is 9.59 Å². The molecule has 0 spiro atoms. The van der Waals surface area contributed by atoms with Gasteiger partial charge in [0.1, 0.15) is 5.69 Å². The number of aromatic nitrogens is 1. The average molecular weight is 373 g/mol. The quantitative estimate of drug-likeness (QED) is 0.899. The summed E-state index contributed by atoms with van der Waals surface area (Å²) in [7, 11) is 2.04. The first-order valence-corrected chi connectivity index (χ1v) is 8.83. The molecule has 6 nitrogen and oxygen atoms in total. The Morgan fingerprint density at radius 2 is 1.85 bits per heavy atom. The molecule has 1 aliphatic heterocycles. The van der Waals surface area contributed by atoms with Crippen molar-refractivity contribution in [2.75, 3.05) is 38.5 Å². The molecule has 0 atom stereocenters. The number of benzene rings is 1. The first kappa shape index (κ1) is 18.4. The summed E-state index contributed by atoms with van der Waals surface area (Å²) in [6.07, 6.45) is 1.49. The molecule has 1 aromatic heterocycles. The molecule has 1 aliphatic rings. The highest BCUT2D eigenvalue weighted by molar-refractivity contribution is 6.30. The second-order valence-electron chi connectivity index (χ2n) is 6.44. The Kier molecular flexibility index (Phi) is 5.54. The number of halogens is 1. The Morgan fingerprint density at radius 3 is 2.54 bits per heavy atom. The molecule has 2 aromatic rings. The molecule has 7 heteroatoms. The van der Waals surface area contributed by atoms with E-state index < -0.39 is 0 Å². The largest absolute Gasteiger partial charge is 0.336 e. The number of hydrogen-bond acceptors (Lipinski definition) is 4. The van der Waals surface area contributed by atoms with Crippen molar-refractivity contribution in [3.63, 3.8) is 0 Å². The number of rotatable bonds is 3. The molecule has 1 aromatic carbocycles. The zero-order chi connectivity index (χ0) is 18.7. The minimum Gasteiger partial charge on any atom is -0.336 e. The van der Waals surface area contributed by atoms with Crippen LogP contribution in [0.2, 0.25) is 5.02 Å². The van der Waals surface area contributed by atoms with Gasteiger partial charge >= 0.3 is 0 Å². The Balaban J connectivity index is 1.74. The second kappa shape index (κ2) is 7.85. The van der Waals surface area contributed by atoms with Crippen molar-refractivity contribution >= 4 is 29.1 Å². The molecule has 0 aliphatic carbocycles. The molecule has 1 fully saturated rings. The number of nitrogens with zero attached hydrogens (tertiary/aromatic N) is 3. The molecule has 0 unspecified atom stereocenters. The van der Waals surface area contributed by atoms with Gasteiger partial charge in [-0.05, 0) is 49.9 Å². The van der Waals surface area contributed by atoms with E-state index in [1.165, 1.54) is 6.20 Å². The van der Waals surface area contributed by atoms with E-state index >= 15 is 0 Å². The van der Waals surface area contributed by atoms with Crippen LogP contribution in [0, 0.1) is 6.92 Å². The van der Waals surface area contributed by atoms with E-state index in [0.29, 0.717) is 29.4 Å². The van der Waals surface area contributed by atoms with E-state index in [0.717, 1.165) is 18.7 Å². The minimum atomic E-state index is -0.358. The molecule has 0 saturated carbocycles. The van der Waals surface area contributed by atoms with E-state index in [-0.39, 0.29) is 17.5 Å². The normalized spacial score (nSPS) is 15.0. The molecule has 26 heavy (non-hydrogen) atoms. The van der Waals surface area contributed by atoms with Crippen LogP contribution in [-0.4, -0.2) is 59.8 Å². The van der Waals surface area contributed by atoms with E-state index in [1.807, 2.05) is 14.0 Å². The fourth-order valence-corrected chi connectivity index (χ4v) is 3.06. The maximum Gasteiger partial charge on any atom is 0.274 e. The van der Waals surface area contributed by atoms with Gasteiger partial charge < -0.3 is 15.1 Å². The third kappa shape index (κ3) is 4.20. The van der Waals surface area contributed by atoms with Crippen LogP contribution < -0.4 is 5.32 Å². The van der Waals surface area contributed by atoms with E-state index in [1.54, 1.807) is 35.2 Å². The first-order valence-electron chi connectivity index (χ1n) is 8.45. The maximum atomic E-state index is 12.7. The molecule has 1 N–H and O–H groups in total. The minimum absolute atomic E-state index is 0.0720. The number of pyridine rings is 1. The molecule has 0 radical (unpaired) electrons. The molecule has 2 heterocycles. The Morgan fingerprint density at radius 1 is 1.12 bits per heavy atom. The van der Waals surface area contributed by atoms with E-state index in [4.69, 9.17) is 11.6 Å². The average Bonchev–Trinajstić information content (AvgIpc) is 2.64. The lowest BCUT2D eigenvalue weighted by Gasteiger charge is -2.32. The lowest BCUT2D eigenvalue weighted by Crippen LogP contribution is -2.47. The third-order valence-corrected chi connectivity index (χ3v) is 4.70. The molecular weight excluding hydrogens is 352 g/mol. The first-order chi connectivity index (χ1) is 12.4. The maximum absolute atomic E-state index is 12.7. The number of likely N-dealkylation sites (N-methyl/N-ethyl adjacent to an activating group) is 1. The SMILES string of the molecule is Cc1cc(Cl)ccc1NC(=O)c1cc(C(=O)N2CCN(C)CC2)ccn1. The summed E-state index contributed by atoms with van der Waals surface area (Å²) in [5.41, 5.74) is 2.20. The van der Waals surface area contributed by atoms with Crippen LogP contribution >= 0.6 is 11.6 Å². The van der Waals surface area contributed by atoms with Gasteiger partial charge in [0.2, 0.25) is 0 Å². The number of aryl methyl sites for hydroxylation is 1. The summed E-state index contributed by atoms with van der Waals surface area (Å²) in [6, 6.07) is 8.42. The van der Waals surface area contributed by atoms with Crippen LogP contribution in [0.25, 0.3) is 0 Å². The Labute approximate surface area is 157 Å². The highest BCUT2D eigenvalue weighted by atomic mass is 35.5. The van der Waals surface area contributed by atoms with Gasteiger partial charge in [0.25, 0.3) is 11.8 Å². The predicted molar refractivity (Wildman–Crippen MR) is 102 cm³/mol. The number of anilines is 1. The molecule has 1 saturated heterocycles. The van der Waals surface area contributed by atoms with Crippen molar-refractivity contribution in [2.24, 2.45) is 0 Å². The summed E-state index contributed by atoms with van der Waals surface area (Å²) < 4.78 is 0. The van der Waals surface area contributed by atoms with E-state index in [2.05, 4.69) is 15.2 Å². The number of hydrogen-bond donors (Lipinski definition) is 1. The number of amides is 2. The summed E-state index contributed by atoms with van der Waals surface area (Å²) in [5.74, 6) is -0.430. The monoisotopic (exact) mass is 372 g/mol. The van der Waals surface area contributed by atoms with Gasteiger partial charge in [-0.2, -0.15) is 0 Å². The highest BCUT2D eigenvalue weighted by Gasteiger charge is 2.21. The van der Waals surface area contributed by atoms with Crippen molar-refractivity contribution in [1.82, 2.24) is 14.8 Å². The van der Waals surface area contributed by atoms with Crippen molar-refractivity contribution < 1.29 is 9.59 Å². The van der Waals surface area contributed by atoms with Crippen LogP contribution in [0.1, 0.15) is 26.4 Å². The lowest BCUT2D eigenvalue weighted by molar-refractivity contribution is 0.0664. The van der Waals surface area contributed by atoms with Gasteiger partial charge in [-0.1, -0.05) is 11.6 Å². The summed E-state index contributed by atoms with van der Waals surface area (Å²) in [5, 5.41) is 3.42. The zero-order valence-corrected chi connectivity index (χ0v) is 15.6. The smallest absolute Gasteiger partial charge is 0.274 e. The van der Waals surface area contributed by atoms with Gasteiger partial charge in [-0.25, -0.2) is 0 Å². The van der Waals surface area contributed by atoms with Gasteiger partial charge in [0, 0.05) is 48.6 Å². The summed E-state index contributed by atoms with van der Waals surface area (Å²) in [6.45, 7) is 4.93. The summed E-state index contributed by atoms with van der Waals surface area (Å²) in [4.78, 5) is 33.3. The number of carbonyl (C=O) groups is 2. The van der Waals surface area contributed by atoms with Crippen molar-refractivity contribution in [1.29, 1.82) is 0 Å². The molecule has 0 bridgehead atoms. The van der Waals surface area contributed by atoms with Crippen molar-refractivity contribution in [3.8, 4) is 0 Å². The van der Waals surface area contributed by atoms with Crippen molar-refractivity contribution in [3.05, 3.63) is 58.4 Å². The summed E-state index contributed by atoms with van der Waals surface area (Å²) >= 11 is 5.94. The molecular formula is C19H21ClN4O2. The lowest BCUT2D eigenvalue weighted by atomic mass is 10.1. The van der Waals surface area contributed by atoms with Crippen LogP contribution in [0.15, 0.2) is 36.5 Å². The molecule has 136 valence electrons. The van der Waals surface area contributed by atoms with Gasteiger partial charge in [-0.15, -0.1) is 0 Å². The topological polar surface area (TPSA) is 65.5 Å². The number of carbonyl (C=O) groups excluding carboxylic acids is 2. The van der Waals surface area contributed by atoms with Gasteiger partial charge in [-0.3, -0.25) is 14.6 Å². The van der Waals surface area contributed by atoms with Gasteiger partial charge in [0.15, 0.2) is 0 Å². The van der Waals surface area contributed by atoms with Gasteiger partial charge in [0.05, 0.1) is 0 Å². The zero-order valence-electron chi connectivity index (χ0n) is 14.8. The van der Waals surface area contributed by atoms with Crippen molar-refractivity contribution in [2.45, 2.75) is 6.92 Å². The standard InChI is InChI=1S/C19H21ClN4O2/c1-13-11-15(20)3-4-16(13)22-18(25)17-12-14(5-6-21-17)19(26)24-9-7-23(2)8-10-24/h3-6,11-12H,7-10H2,1-2H3,(H,22,25). The highest BCUT2D eigenvalue weighted by Crippen LogP contribution is 2.20.